The van der Waals surface area contributed by atoms with Crippen LogP contribution in [0.25, 0.3) is 0 Å². The average molecular weight is 304 g/mol. The molecule has 0 N–H and O–H groups in total. The molecular formula is C20H32O2. The van der Waals surface area contributed by atoms with Gasteiger partial charge < -0.3 is 0 Å². The topological polar surface area (TPSA) is 34.1 Å². The third-order valence-corrected chi connectivity index (χ3v) is 4.44. The molecule has 0 heterocycles. The molecule has 2 atom stereocenters. The van der Waals surface area contributed by atoms with E-state index in [1.54, 1.807) is 0 Å². The van der Waals surface area contributed by atoms with Gasteiger partial charge in [-0.3, -0.25) is 9.59 Å². The molecule has 0 radical (unpaired) electrons. The lowest BCUT2D eigenvalue weighted by Crippen LogP contribution is -2.19. The zero-order chi connectivity index (χ0) is 14.5. The lowest BCUT2D eigenvalue weighted by Gasteiger charge is -2.19. The number of aryl methyl sites for hydroxylation is 1. The molecular weight excluding hydrogens is 272 g/mol. The molecule has 2 aliphatic rings. The molecule has 3 rings (SSSR count). The number of hydrogen-bond acceptors (Lipinski definition) is 2. The highest BCUT2D eigenvalue weighted by Gasteiger charge is 2.22. The van der Waals surface area contributed by atoms with Gasteiger partial charge in [0.05, 0.1) is 0 Å². The Morgan fingerprint density at radius 2 is 1.55 bits per heavy atom. The van der Waals surface area contributed by atoms with Crippen LogP contribution >= 0.6 is 0 Å². The summed E-state index contributed by atoms with van der Waals surface area (Å²) in [4.78, 5) is 22.4. The number of hydrogen-bond donors (Lipinski definition) is 0. The standard InChI is InChI=1S/C11H12O.C7H12O.2CH4/c1-8-6-7-9-4-2-3-5-10(9)11(8)12;1-6-4-2-3-5-7(6)8;;/h2-5,8H,6-7H2,1H3;6H,2-5H2,1H3;2*1H4. The fourth-order valence-corrected chi connectivity index (χ4v) is 2.90. The summed E-state index contributed by atoms with van der Waals surface area (Å²) < 4.78 is 0. The van der Waals surface area contributed by atoms with E-state index in [0.717, 1.165) is 37.7 Å². The van der Waals surface area contributed by atoms with Crippen LogP contribution in [0.4, 0.5) is 0 Å². The normalized spacial score (nSPS) is 23.2. The third kappa shape index (κ3) is 5.08. The van der Waals surface area contributed by atoms with Crippen molar-refractivity contribution in [3.63, 3.8) is 0 Å². The second-order valence-electron chi connectivity index (χ2n) is 6.07. The van der Waals surface area contributed by atoms with Crippen molar-refractivity contribution < 1.29 is 9.59 Å². The van der Waals surface area contributed by atoms with E-state index in [1.165, 1.54) is 12.0 Å². The van der Waals surface area contributed by atoms with Crippen LogP contribution in [0.5, 0.6) is 0 Å². The van der Waals surface area contributed by atoms with Gasteiger partial charge in [-0.05, 0) is 31.2 Å². The van der Waals surface area contributed by atoms with Gasteiger partial charge >= 0.3 is 0 Å². The zero-order valence-corrected chi connectivity index (χ0v) is 12.5. The molecule has 0 aromatic heterocycles. The summed E-state index contributed by atoms with van der Waals surface area (Å²) in [6.45, 7) is 4.04. The van der Waals surface area contributed by atoms with Crippen LogP contribution in [-0.2, 0) is 11.2 Å². The first-order valence-electron chi connectivity index (χ1n) is 7.74. The number of carbonyl (C=O) groups excluding carboxylic acids is 2. The molecule has 0 bridgehead atoms. The summed E-state index contributed by atoms with van der Waals surface area (Å²) in [6, 6.07) is 7.93. The quantitative estimate of drug-likeness (QED) is 0.635. The third-order valence-electron chi connectivity index (χ3n) is 4.44. The van der Waals surface area contributed by atoms with Crippen molar-refractivity contribution in [2.24, 2.45) is 11.8 Å². The zero-order valence-electron chi connectivity index (χ0n) is 12.5. The van der Waals surface area contributed by atoms with Crippen molar-refractivity contribution in [1.82, 2.24) is 0 Å². The monoisotopic (exact) mass is 304 g/mol. The lowest BCUT2D eigenvalue weighted by atomic mass is 9.84. The van der Waals surface area contributed by atoms with Crippen molar-refractivity contribution in [2.75, 3.05) is 0 Å². The molecule has 124 valence electrons. The molecule has 2 aliphatic carbocycles. The Morgan fingerprint density at radius 3 is 2.14 bits per heavy atom. The maximum absolute atomic E-state index is 11.6. The van der Waals surface area contributed by atoms with E-state index in [9.17, 15) is 9.59 Å². The van der Waals surface area contributed by atoms with Crippen molar-refractivity contribution >= 4 is 11.6 Å². The molecule has 2 heteroatoms. The number of rotatable bonds is 0. The number of carbonyl (C=O) groups is 2. The largest absolute Gasteiger partial charge is 0.299 e. The summed E-state index contributed by atoms with van der Waals surface area (Å²) in [5.41, 5.74) is 2.16. The second-order valence-corrected chi connectivity index (χ2v) is 6.07. The molecule has 2 unspecified atom stereocenters. The Morgan fingerprint density at radius 1 is 0.864 bits per heavy atom. The van der Waals surface area contributed by atoms with Crippen LogP contribution in [0.3, 0.4) is 0 Å². The molecule has 2 nitrogen and oxygen atoms in total. The first-order chi connectivity index (χ1) is 9.59. The summed E-state index contributed by atoms with van der Waals surface area (Å²) in [5.74, 6) is 1.37. The second kappa shape index (κ2) is 9.55. The van der Waals surface area contributed by atoms with Gasteiger partial charge in [0.25, 0.3) is 0 Å². The van der Waals surface area contributed by atoms with Crippen LogP contribution in [0.2, 0.25) is 0 Å². The van der Waals surface area contributed by atoms with Gasteiger partial charge in [-0.1, -0.05) is 59.4 Å². The summed E-state index contributed by atoms with van der Waals surface area (Å²) in [6.07, 6.45) is 6.41. The van der Waals surface area contributed by atoms with Gasteiger partial charge in [-0.15, -0.1) is 0 Å². The first kappa shape index (κ1) is 20.6. The van der Waals surface area contributed by atoms with E-state index in [0.29, 0.717) is 17.5 Å². The smallest absolute Gasteiger partial charge is 0.165 e. The highest BCUT2D eigenvalue weighted by molar-refractivity contribution is 5.99. The van der Waals surface area contributed by atoms with Crippen LogP contribution < -0.4 is 0 Å². The summed E-state index contributed by atoms with van der Waals surface area (Å²) in [5, 5.41) is 0. The van der Waals surface area contributed by atoms with Crippen LogP contribution in [-0.4, -0.2) is 11.6 Å². The molecule has 1 aromatic carbocycles. The Balaban J connectivity index is 0.000000393. The minimum Gasteiger partial charge on any atom is -0.299 e. The van der Waals surface area contributed by atoms with Crippen LogP contribution in [0.1, 0.15) is 76.7 Å². The Hall–Kier alpha value is -1.44. The van der Waals surface area contributed by atoms with Crippen molar-refractivity contribution in [3.8, 4) is 0 Å². The Bertz CT molecular complexity index is 490. The van der Waals surface area contributed by atoms with Crippen LogP contribution in [0.15, 0.2) is 24.3 Å². The molecule has 0 amide bonds. The highest BCUT2D eigenvalue weighted by Crippen LogP contribution is 2.24. The van der Waals surface area contributed by atoms with Crippen molar-refractivity contribution in [3.05, 3.63) is 35.4 Å². The fourth-order valence-electron chi connectivity index (χ4n) is 2.90. The fraction of sp³-hybridized carbons (Fsp3) is 0.600. The van der Waals surface area contributed by atoms with Crippen molar-refractivity contribution in [1.29, 1.82) is 0 Å². The minimum absolute atomic E-state index is 0. The van der Waals surface area contributed by atoms with Gasteiger partial charge in [0.2, 0.25) is 0 Å². The Labute approximate surface area is 136 Å². The predicted molar refractivity (Wildman–Crippen MR) is 94.4 cm³/mol. The number of fused-ring (bicyclic) bond motifs is 1. The van der Waals surface area contributed by atoms with E-state index < -0.39 is 0 Å². The molecule has 22 heavy (non-hydrogen) atoms. The van der Waals surface area contributed by atoms with E-state index >= 15 is 0 Å². The van der Waals surface area contributed by atoms with Gasteiger partial charge in [0, 0.05) is 23.8 Å². The maximum Gasteiger partial charge on any atom is 0.165 e. The molecule has 0 saturated heterocycles. The molecule has 1 fully saturated rings. The number of ketones is 2. The average Bonchev–Trinajstić information content (AvgIpc) is 2.47. The number of benzene rings is 1. The lowest BCUT2D eigenvalue weighted by molar-refractivity contribution is -0.123. The summed E-state index contributed by atoms with van der Waals surface area (Å²) in [7, 11) is 0. The van der Waals surface area contributed by atoms with Crippen LogP contribution in [0, 0.1) is 11.8 Å². The molecule has 1 aromatic rings. The molecule has 0 spiro atoms. The molecule has 0 aliphatic heterocycles. The predicted octanol–water partition coefficient (Wildman–Crippen LogP) is 5.49. The van der Waals surface area contributed by atoms with E-state index in [-0.39, 0.29) is 20.8 Å². The first-order valence-corrected chi connectivity index (χ1v) is 7.74. The Kier molecular flexibility index (Phi) is 8.93. The van der Waals surface area contributed by atoms with E-state index in [1.807, 2.05) is 32.0 Å². The highest BCUT2D eigenvalue weighted by atomic mass is 16.1. The van der Waals surface area contributed by atoms with E-state index in [2.05, 4.69) is 6.07 Å². The van der Waals surface area contributed by atoms with Gasteiger partial charge in [-0.2, -0.15) is 0 Å². The maximum atomic E-state index is 11.6. The number of Topliss-reactive ketones (excluding diaryl/α,β-unsaturated/α-hetero) is 2. The SMILES string of the molecule is C.C.CC1CCCCC1=O.CC1CCc2ccccc2C1=O. The van der Waals surface area contributed by atoms with Gasteiger partial charge in [-0.25, -0.2) is 0 Å². The van der Waals surface area contributed by atoms with E-state index in [4.69, 9.17) is 0 Å². The van der Waals surface area contributed by atoms with Crippen molar-refractivity contribution in [2.45, 2.75) is 67.2 Å². The summed E-state index contributed by atoms with van der Waals surface area (Å²) >= 11 is 0. The molecule has 1 saturated carbocycles. The minimum atomic E-state index is 0. The van der Waals surface area contributed by atoms with Gasteiger partial charge in [0.1, 0.15) is 5.78 Å². The van der Waals surface area contributed by atoms with Gasteiger partial charge in [0.15, 0.2) is 5.78 Å².